The number of amides is 1. The van der Waals surface area contributed by atoms with Crippen molar-refractivity contribution in [3.8, 4) is 11.5 Å². The van der Waals surface area contributed by atoms with Gasteiger partial charge in [0.25, 0.3) is 0 Å². The second-order valence-electron chi connectivity index (χ2n) is 8.09. The van der Waals surface area contributed by atoms with E-state index < -0.39 is 15.9 Å². The number of anilines is 1. The summed E-state index contributed by atoms with van der Waals surface area (Å²) in [4.78, 5) is 12.8. The molecule has 2 aromatic carbocycles. The van der Waals surface area contributed by atoms with Crippen LogP contribution in [0.5, 0.6) is 11.5 Å². The van der Waals surface area contributed by atoms with Crippen molar-refractivity contribution in [3.63, 3.8) is 0 Å². The van der Waals surface area contributed by atoms with Gasteiger partial charge in [0, 0.05) is 6.07 Å². The highest BCUT2D eigenvalue weighted by Crippen LogP contribution is 2.32. The zero-order chi connectivity index (χ0) is 24.1. The highest BCUT2D eigenvalue weighted by molar-refractivity contribution is 7.92. The summed E-state index contributed by atoms with van der Waals surface area (Å²) < 4.78 is 36.9. The maximum Gasteiger partial charge on any atom is 0.241 e. The van der Waals surface area contributed by atoms with Gasteiger partial charge in [0.1, 0.15) is 18.0 Å². The fourth-order valence-electron chi connectivity index (χ4n) is 3.60. The molecule has 0 aliphatic carbocycles. The van der Waals surface area contributed by atoms with Gasteiger partial charge in [-0.3, -0.25) is 9.10 Å². The van der Waals surface area contributed by atoms with E-state index in [9.17, 15) is 13.2 Å². The molecule has 0 fully saturated rings. The van der Waals surface area contributed by atoms with Crippen molar-refractivity contribution in [2.24, 2.45) is 0 Å². The second-order valence-corrected chi connectivity index (χ2v) is 10.0. The van der Waals surface area contributed by atoms with E-state index in [4.69, 9.17) is 9.47 Å². The Labute approximate surface area is 191 Å². The molecule has 0 aliphatic heterocycles. The molecule has 0 saturated heterocycles. The van der Waals surface area contributed by atoms with Crippen LogP contribution in [-0.2, 0) is 14.8 Å². The summed E-state index contributed by atoms with van der Waals surface area (Å²) in [5.41, 5.74) is 3.39. The minimum absolute atomic E-state index is 0.255. The van der Waals surface area contributed by atoms with Crippen molar-refractivity contribution in [1.29, 1.82) is 0 Å². The maximum absolute atomic E-state index is 12.8. The Morgan fingerprint density at radius 1 is 1.12 bits per heavy atom. The van der Waals surface area contributed by atoms with E-state index in [0.717, 1.165) is 33.0 Å². The minimum Gasteiger partial charge on any atom is -0.496 e. The number of ether oxygens (including phenoxy) is 2. The lowest BCUT2D eigenvalue weighted by atomic mass is 9.93. The first-order chi connectivity index (χ1) is 15.0. The Morgan fingerprint density at radius 3 is 2.38 bits per heavy atom. The first kappa shape index (κ1) is 25.5. The predicted molar refractivity (Wildman–Crippen MR) is 128 cm³/mol. The van der Waals surface area contributed by atoms with Crippen LogP contribution < -0.4 is 19.1 Å². The molecule has 8 heteroatoms. The summed E-state index contributed by atoms with van der Waals surface area (Å²) in [5, 5.41) is 2.94. The van der Waals surface area contributed by atoms with Crippen LogP contribution in [-0.4, -0.2) is 40.8 Å². The number of nitrogens with one attached hydrogen (secondary N) is 1. The molecule has 0 spiro atoms. The second kappa shape index (κ2) is 10.7. The van der Waals surface area contributed by atoms with Crippen LogP contribution in [0.15, 0.2) is 36.4 Å². The minimum atomic E-state index is -3.68. The number of benzene rings is 2. The predicted octanol–water partition coefficient (Wildman–Crippen LogP) is 4.17. The average molecular weight is 463 g/mol. The van der Waals surface area contributed by atoms with E-state index in [1.807, 2.05) is 32.9 Å². The number of methoxy groups -OCH3 is 1. The molecule has 2 rings (SSSR count). The Balaban J connectivity index is 2.25. The third-order valence-corrected chi connectivity index (χ3v) is 6.33. The van der Waals surface area contributed by atoms with Crippen LogP contribution in [0.3, 0.4) is 0 Å². The number of hydrogen-bond donors (Lipinski definition) is 1. The van der Waals surface area contributed by atoms with Crippen molar-refractivity contribution in [2.75, 3.05) is 30.8 Å². The molecule has 176 valence electrons. The summed E-state index contributed by atoms with van der Waals surface area (Å²) in [6.07, 6.45) is 1.08. The lowest BCUT2D eigenvalue weighted by molar-refractivity contribution is -0.120. The number of nitrogens with zero attached hydrogens (tertiary/aromatic N) is 1. The van der Waals surface area contributed by atoms with E-state index in [1.165, 1.54) is 0 Å². The molecule has 32 heavy (non-hydrogen) atoms. The Bertz CT molecular complexity index is 1050. The molecular weight excluding hydrogens is 428 g/mol. The summed E-state index contributed by atoms with van der Waals surface area (Å²) in [5.74, 6) is 1.22. The van der Waals surface area contributed by atoms with Crippen molar-refractivity contribution >= 4 is 21.6 Å². The third kappa shape index (κ3) is 6.38. The molecule has 0 aromatic heterocycles. The zero-order valence-corrected chi connectivity index (χ0v) is 20.7. The van der Waals surface area contributed by atoms with Gasteiger partial charge in [-0.25, -0.2) is 8.42 Å². The number of hydrogen-bond acceptors (Lipinski definition) is 5. The van der Waals surface area contributed by atoms with E-state index in [2.05, 4.69) is 19.2 Å². The normalized spacial score (nSPS) is 12.4. The smallest absolute Gasteiger partial charge is 0.241 e. The fraction of sp³-hybridized carbons (Fsp3) is 0.458. The van der Waals surface area contributed by atoms with Crippen molar-refractivity contribution in [2.45, 2.75) is 46.6 Å². The highest BCUT2D eigenvalue weighted by Gasteiger charge is 2.23. The molecule has 0 saturated carbocycles. The monoisotopic (exact) mass is 462 g/mol. The van der Waals surface area contributed by atoms with Crippen molar-refractivity contribution < 1.29 is 22.7 Å². The van der Waals surface area contributed by atoms with Gasteiger partial charge in [0.05, 0.1) is 31.7 Å². The lowest BCUT2D eigenvalue weighted by Crippen LogP contribution is -2.41. The van der Waals surface area contributed by atoms with Crippen molar-refractivity contribution in [3.05, 3.63) is 53.1 Å². The standard InChI is InChI=1S/C24H34N2O5S/c1-8-31-20-11-9-10-19(13-20)26(32(7,28)29)15-24(27)25-18(5)22-14-21(16(2)3)23(30-6)12-17(22)4/h9-14,16,18H,8,15H2,1-7H3,(H,25,27)/t18-/m1/s1. The van der Waals surface area contributed by atoms with Gasteiger partial charge in [-0.2, -0.15) is 0 Å². The zero-order valence-electron chi connectivity index (χ0n) is 19.9. The molecule has 0 radical (unpaired) electrons. The van der Waals surface area contributed by atoms with E-state index in [0.29, 0.717) is 18.0 Å². The average Bonchev–Trinajstić information content (AvgIpc) is 2.71. The van der Waals surface area contributed by atoms with Gasteiger partial charge in [-0.15, -0.1) is 0 Å². The molecular formula is C24H34N2O5S. The van der Waals surface area contributed by atoms with Crippen LogP contribution in [0.25, 0.3) is 0 Å². The Morgan fingerprint density at radius 2 is 1.81 bits per heavy atom. The largest absolute Gasteiger partial charge is 0.496 e. The van der Waals surface area contributed by atoms with Crippen LogP contribution in [0.4, 0.5) is 5.69 Å². The van der Waals surface area contributed by atoms with Crippen molar-refractivity contribution in [1.82, 2.24) is 5.32 Å². The lowest BCUT2D eigenvalue weighted by Gasteiger charge is -2.25. The summed E-state index contributed by atoms with van der Waals surface area (Å²) in [6, 6.07) is 10.4. The van der Waals surface area contributed by atoms with Crippen LogP contribution >= 0.6 is 0 Å². The maximum atomic E-state index is 12.8. The molecule has 1 N–H and O–H groups in total. The van der Waals surface area contributed by atoms with Crippen LogP contribution in [0, 0.1) is 6.92 Å². The molecule has 0 bridgehead atoms. The van der Waals surface area contributed by atoms with Gasteiger partial charge >= 0.3 is 0 Å². The van der Waals surface area contributed by atoms with Gasteiger partial charge < -0.3 is 14.8 Å². The molecule has 1 atom stereocenters. The molecule has 0 heterocycles. The molecule has 1 amide bonds. The number of rotatable bonds is 10. The summed E-state index contributed by atoms with van der Waals surface area (Å²) >= 11 is 0. The third-order valence-electron chi connectivity index (χ3n) is 5.19. The summed E-state index contributed by atoms with van der Waals surface area (Å²) in [7, 11) is -2.04. The Hall–Kier alpha value is -2.74. The quantitative estimate of drug-likeness (QED) is 0.573. The van der Waals surface area contributed by atoms with Gasteiger partial charge in [0.15, 0.2) is 0 Å². The van der Waals surface area contributed by atoms with E-state index in [1.54, 1.807) is 31.4 Å². The molecule has 0 unspecified atom stereocenters. The van der Waals surface area contributed by atoms with E-state index >= 15 is 0 Å². The highest BCUT2D eigenvalue weighted by atomic mass is 32.2. The number of aryl methyl sites for hydroxylation is 1. The fourth-order valence-corrected chi connectivity index (χ4v) is 4.45. The first-order valence-electron chi connectivity index (χ1n) is 10.7. The SMILES string of the molecule is CCOc1cccc(N(CC(=O)N[C@H](C)c2cc(C(C)C)c(OC)cc2C)S(C)(=O)=O)c1. The van der Waals surface area contributed by atoms with Gasteiger partial charge in [0.2, 0.25) is 15.9 Å². The van der Waals surface area contributed by atoms with E-state index in [-0.39, 0.29) is 18.5 Å². The summed E-state index contributed by atoms with van der Waals surface area (Å²) in [6.45, 7) is 10.00. The molecule has 0 aliphatic rings. The van der Waals surface area contributed by atoms with Crippen LogP contribution in [0.1, 0.15) is 56.3 Å². The molecule has 7 nitrogen and oxygen atoms in total. The number of carbonyl (C=O) groups excluding carboxylic acids is 1. The van der Waals surface area contributed by atoms with Gasteiger partial charge in [-0.1, -0.05) is 19.9 Å². The topological polar surface area (TPSA) is 84.9 Å². The number of sulfonamides is 1. The Kier molecular flexibility index (Phi) is 8.55. The number of carbonyl (C=O) groups is 1. The molecule has 2 aromatic rings. The van der Waals surface area contributed by atoms with Crippen LogP contribution in [0.2, 0.25) is 0 Å². The van der Waals surface area contributed by atoms with Gasteiger partial charge in [-0.05, 0) is 67.6 Å². The first-order valence-corrected chi connectivity index (χ1v) is 12.5.